The van der Waals surface area contributed by atoms with E-state index < -0.39 is 17.2 Å². The van der Waals surface area contributed by atoms with E-state index in [2.05, 4.69) is 15.9 Å². The number of para-hydroxylation sites is 1. The van der Waals surface area contributed by atoms with Gasteiger partial charge in [0.05, 0.1) is 5.39 Å². The molecule has 104 valence electrons. The predicted octanol–water partition coefficient (Wildman–Crippen LogP) is 2.41. The molecule has 0 unspecified atom stereocenters. The molecule has 0 N–H and O–H groups in total. The summed E-state index contributed by atoms with van der Waals surface area (Å²) in [6.07, 6.45) is 0. The molecule has 3 aromatic rings. The van der Waals surface area contributed by atoms with E-state index in [0.29, 0.717) is 9.04 Å². The lowest BCUT2D eigenvalue weighted by molar-refractivity contribution is 0.0943. The van der Waals surface area contributed by atoms with Crippen LogP contribution >= 0.6 is 15.9 Å². The maximum Gasteiger partial charge on any atom is 0.429 e. The number of carbonyl (C=O) groups is 1. The summed E-state index contributed by atoms with van der Waals surface area (Å²) in [4.78, 5) is 36.6. The van der Waals surface area contributed by atoms with Crippen LogP contribution in [0.1, 0.15) is 10.4 Å². The van der Waals surface area contributed by atoms with E-state index in [1.807, 2.05) is 0 Å². The number of rotatable bonds is 1. The number of carbonyl (C=O) groups excluding carboxylic acids is 1. The van der Waals surface area contributed by atoms with Crippen LogP contribution in [0.3, 0.4) is 0 Å². The van der Waals surface area contributed by atoms with Crippen molar-refractivity contribution in [2.24, 2.45) is 0 Å². The van der Waals surface area contributed by atoms with Gasteiger partial charge in [-0.2, -0.15) is 4.57 Å². The van der Waals surface area contributed by atoms with Crippen molar-refractivity contribution < 1.29 is 9.21 Å². The lowest BCUT2D eigenvalue weighted by atomic mass is 10.2. The van der Waals surface area contributed by atoms with E-state index in [0.717, 1.165) is 0 Å². The Balaban J connectivity index is 2.28. The zero-order valence-corrected chi connectivity index (χ0v) is 12.2. The molecule has 0 atom stereocenters. The van der Waals surface area contributed by atoms with E-state index in [-0.39, 0.29) is 16.5 Å². The highest BCUT2D eigenvalue weighted by Gasteiger charge is 2.17. The lowest BCUT2D eigenvalue weighted by Crippen LogP contribution is -2.38. The van der Waals surface area contributed by atoms with Gasteiger partial charge in [-0.05, 0) is 30.3 Å². The average molecular weight is 346 g/mol. The number of aromatic nitrogens is 1. The van der Waals surface area contributed by atoms with E-state index in [1.165, 1.54) is 24.3 Å². The summed E-state index contributed by atoms with van der Waals surface area (Å²) in [6, 6.07) is 12.7. The Kier molecular flexibility index (Phi) is 3.31. The smallest absolute Gasteiger partial charge is 0.409 e. The molecule has 1 aromatic heterocycles. The summed E-state index contributed by atoms with van der Waals surface area (Å²) in [6.45, 7) is 0. The van der Waals surface area contributed by atoms with Gasteiger partial charge in [-0.25, -0.2) is 4.79 Å². The van der Waals surface area contributed by atoms with Gasteiger partial charge < -0.3 is 4.42 Å². The van der Waals surface area contributed by atoms with Crippen LogP contribution in [0, 0.1) is 0 Å². The molecule has 0 amide bonds. The standard InChI is InChI=1S/C15H8BrNO4/c16-10-5-3-4-9(8-10)13(18)17-14(19)11-6-1-2-7-12(11)21-15(17)20/h1-8H. The van der Waals surface area contributed by atoms with Gasteiger partial charge in [0.25, 0.3) is 11.5 Å². The minimum Gasteiger partial charge on any atom is -0.409 e. The summed E-state index contributed by atoms with van der Waals surface area (Å²) in [5.74, 6) is -1.72. The topological polar surface area (TPSA) is 69.3 Å². The number of hydrogen-bond acceptors (Lipinski definition) is 4. The molecule has 0 spiro atoms. The molecule has 0 fully saturated rings. The summed E-state index contributed by atoms with van der Waals surface area (Å²) < 4.78 is 6.20. The van der Waals surface area contributed by atoms with Gasteiger partial charge in [0.15, 0.2) is 0 Å². The van der Waals surface area contributed by atoms with E-state index in [9.17, 15) is 14.4 Å². The third-order valence-electron chi connectivity index (χ3n) is 2.98. The van der Waals surface area contributed by atoms with Gasteiger partial charge in [-0.15, -0.1) is 0 Å². The first-order valence-corrected chi connectivity index (χ1v) is 6.82. The monoisotopic (exact) mass is 345 g/mol. The number of hydrogen-bond donors (Lipinski definition) is 0. The van der Waals surface area contributed by atoms with Gasteiger partial charge in [0.1, 0.15) is 5.58 Å². The maximum absolute atomic E-state index is 12.4. The van der Waals surface area contributed by atoms with Crippen molar-refractivity contribution in [3.63, 3.8) is 0 Å². The van der Waals surface area contributed by atoms with Crippen LogP contribution in [0.2, 0.25) is 0 Å². The second-order valence-electron chi connectivity index (χ2n) is 4.32. The zero-order chi connectivity index (χ0) is 15.0. The number of benzene rings is 2. The highest BCUT2D eigenvalue weighted by atomic mass is 79.9. The first-order valence-electron chi connectivity index (χ1n) is 6.03. The fraction of sp³-hybridized carbons (Fsp3) is 0. The third kappa shape index (κ3) is 2.34. The quantitative estimate of drug-likeness (QED) is 0.679. The van der Waals surface area contributed by atoms with Crippen molar-refractivity contribution in [2.75, 3.05) is 0 Å². The lowest BCUT2D eigenvalue weighted by Gasteiger charge is -2.04. The van der Waals surface area contributed by atoms with Crippen molar-refractivity contribution in [3.05, 3.63) is 79.5 Å². The molecule has 0 aliphatic rings. The van der Waals surface area contributed by atoms with Crippen LogP contribution in [0.25, 0.3) is 11.0 Å². The molecule has 5 nitrogen and oxygen atoms in total. The summed E-state index contributed by atoms with van der Waals surface area (Å²) >= 11 is 3.24. The van der Waals surface area contributed by atoms with Crippen LogP contribution < -0.4 is 11.3 Å². The van der Waals surface area contributed by atoms with Crippen LogP contribution in [0.4, 0.5) is 0 Å². The second-order valence-corrected chi connectivity index (χ2v) is 5.24. The Morgan fingerprint density at radius 3 is 2.57 bits per heavy atom. The van der Waals surface area contributed by atoms with Gasteiger partial charge in [-0.3, -0.25) is 9.59 Å². The molecule has 0 bridgehead atoms. The third-order valence-corrected chi connectivity index (χ3v) is 3.47. The largest absolute Gasteiger partial charge is 0.429 e. The van der Waals surface area contributed by atoms with Gasteiger partial charge in [-0.1, -0.05) is 34.1 Å². The van der Waals surface area contributed by atoms with Crippen LogP contribution in [-0.4, -0.2) is 10.5 Å². The molecule has 2 aromatic carbocycles. The molecule has 0 saturated carbocycles. The van der Waals surface area contributed by atoms with Gasteiger partial charge in [0, 0.05) is 10.0 Å². The average Bonchev–Trinajstić information content (AvgIpc) is 2.47. The molecule has 0 radical (unpaired) electrons. The number of halogens is 1. The Labute approximate surface area is 126 Å². The first-order chi connectivity index (χ1) is 10.1. The molecule has 0 aliphatic heterocycles. The predicted molar refractivity (Wildman–Crippen MR) is 80.6 cm³/mol. The Morgan fingerprint density at radius 2 is 1.81 bits per heavy atom. The summed E-state index contributed by atoms with van der Waals surface area (Å²) in [7, 11) is 0. The van der Waals surface area contributed by atoms with Crippen LogP contribution in [0.15, 0.2) is 67.0 Å². The van der Waals surface area contributed by atoms with Crippen molar-refractivity contribution >= 4 is 32.8 Å². The zero-order valence-electron chi connectivity index (χ0n) is 10.6. The molecule has 1 heterocycles. The highest BCUT2D eigenvalue weighted by molar-refractivity contribution is 9.10. The molecule has 0 saturated heterocycles. The molecule has 0 aliphatic carbocycles. The van der Waals surface area contributed by atoms with Crippen molar-refractivity contribution in [3.8, 4) is 0 Å². The van der Waals surface area contributed by atoms with Gasteiger partial charge >= 0.3 is 5.76 Å². The van der Waals surface area contributed by atoms with Crippen molar-refractivity contribution in [2.45, 2.75) is 0 Å². The minimum atomic E-state index is -0.997. The normalized spacial score (nSPS) is 10.7. The first kappa shape index (κ1) is 13.5. The van der Waals surface area contributed by atoms with Gasteiger partial charge in [0.2, 0.25) is 0 Å². The minimum absolute atomic E-state index is 0.158. The molecule has 3 rings (SSSR count). The van der Waals surface area contributed by atoms with E-state index in [4.69, 9.17) is 4.42 Å². The maximum atomic E-state index is 12.4. The molecular formula is C15H8BrNO4. The Hall–Kier alpha value is -2.47. The fourth-order valence-corrected chi connectivity index (χ4v) is 2.40. The van der Waals surface area contributed by atoms with E-state index >= 15 is 0 Å². The summed E-state index contributed by atoms with van der Waals surface area (Å²) in [5, 5.41) is 0.181. The SMILES string of the molecule is O=C(c1cccc(Br)c1)n1c(=O)oc2ccccc2c1=O. The summed E-state index contributed by atoms with van der Waals surface area (Å²) in [5.41, 5.74) is -0.313. The fourth-order valence-electron chi connectivity index (χ4n) is 2.00. The van der Waals surface area contributed by atoms with Crippen molar-refractivity contribution in [1.82, 2.24) is 4.57 Å². The molecule has 6 heteroatoms. The van der Waals surface area contributed by atoms with Crippen molar-refractivity contribution in [1.29, 1.82) is 0 Å². The highest BCUT2D eigenvalue weighted by Crippen LogP contribution is 2.12. The Morgan fingerprint density at radius 1 is 1.05 bits per heavy atom. The number of nitrogens with zero attached hydrogens (tertiary/aromatic N) is 1. The Bertz CT molecular complexity index is 971. The van der Waals surface area contributed by atoms with Crippen LogP contribution in [-0.2, 0) is 0 Å². The second kappa shape index (κ2) is 5.14. The molecular weight excluding hydrogens is 338 g/mol. The number of fused-ring (bicyclic) bond motifs is 1. The molecule has 21 heavy (non-hydrogen) atoms. The van der Waals surface area contributed by atoms with Crippen LogP contribution in [0.5, 0.6) is 0 Å². The van der Waals surface area contributed by atoms with E-state index in [1.54, 1.807) is 24.3 Å².